The second kappa shape index (κ2) is 7.73. The Bertz CT molecular complexity index is 729. The summed E-state index contributed by atoms with van der Waals surface area (Å²) in [6.45, 7) is 2.34. The Morgan fingerprint density at radius 2 is 1.44 bits per heavy atom. The molecular formula is C24H30FNO. The Hall–Kier alpha value is -1.71. The number of likely N-dealkylation sites (tertiary alicyclic amines) is 1. The number of hydrogen-bond donors (Lipinski definition) is 1. The van der Waals surface area contributed by atoms with Crippen molar-refractivity contribution >= 4 is 0 Å². The first-order valence-corrected chi connectivity index (χ1v) is 10.4. The number of aliphatic hydroxyl groups is 1. The summed E-state index contributed by atoms with van der Waals surface area (Å²) in [6, 6.07) is 17.2. The fourth-order valence-electron chi connectivity index (χ4n) is 5.13. The van der Waals surface area contributed by atoms with Gasteiger partial charge in [0.25, 0.3) is 0 Å². The lowest BCUT2D eigenvalue weighted by Gasteiger charge is -2.52. The first-order chi connectivity index (χ1) is 13.1. The van der Waals surface area contributed by atoms with Crippen LogP contribution in [-0.2, 0) is 12.0 Å². The molecule has 2 fully saturated rings. The van der Waals surface area contributed by atoms with Crippen LogP contribution in [0.2, 0.25) is 0 Å². The van der Waals surface area contributed by atoms with Crippen LogP contribution in [0, 0.1) is 5.82 Å². The summed E-state index contributed by atoms with van der Waals surface area (Å²) in [7, 11) is 0. The standard InChI is InChI=1S/C24H30FNO/c25-22-11-9-21(10-12-22)24(27)15-13-23(14-16-24,26-17-5-2-6-18-26)19-20-7-3-1-4-8-20/h1,3-4,7-12,27H,2,5-6,13-19H2. The highest BCUT2D eigenvalue weighted by atomic mass is 19.1. The van der Waals surface area contributed by atoms with Crippen molar-refractivity contribution in [3.8, 4) is 0 Å². The van der Waals surface area contributed by atoms with E-state index in [4.69, 9.17) is 0 Å². The van der Waals surface area contributed by atoms with Crippen molar-refractivity contribution in [1.29, 1.82) is 0 Å². The molecule has 1 heterocycles. The molecule has 0 spiro atoms. The van der Waals surface area contributed by atoms with E-state index in [9.17, 15) is 9.50 Å². The molecule has 3 heteroatoms. The highest BCUT2D eigenvalue weighted by Crippen LogP contribution is 2.46. The summed E-state index contributed by atoms with van der Waals surface area (Å²) in [5, 5.41) is 11.3. The van der Waals surface area contributed by atoms with Crippen molar-refractivity contribution < 1.29 is 9.50 Å². The molecule has 1 aliphatic heterocycles. The number of nitrogens with zero attached hydrogens (tertiary/aromatic N) is 1. The molecule has 1 saturated heterocycles. The zero-order chi connectivity index (χ0) is 18.7. The van der Waals surface area contributed by atoms with E-state index in [0.717, 1.165) is 37.7 Å². The molecule has 1 N–H and O–H groups in total. The molecule has 27 heavy (non-hydrogen) atoms. The first-order valence-electron chi connectivity index (χ1n) is 10.4. The van der Waals surface area contributed by atoms with Gasteiger partial charge in [-0.25, -0.2) is 4.39 Å². The molecule has 144 valence electrons. The zero-order valence-corrected chi connectivity index (χ0v) is 16.0. The quantitative estimate of drug-likeness (QED) is 0.817. The average Bonchev–Trinajstić information content (AvgIpc) is 2.72. The van der Waals surface area contributed by atoms with Gasteiger partial charge >= 0.3 is 0 Å². The van der Waals surface area contributed by atoms with Gasteiger partial charge in [0.2, 0.25) is 0 Å². The Kier molecular flexibility index (Phi) is 5.34. The summed E-state index contributed by atoms with van der Waals surface area (Å²) in [5.41, 5.74) is 1.55. The van der Waals surface area contributed by atoms with Crippen molar-refractivity contribution in [2.24, 2.45) is 0 Å². The minimum absolute atomic E-state index is 0.133. The monoisotopic (exact) mass is 367 g/mol. The van der Waals surface area contributed by atoms with Crippen molar-refractivity contribution in [2.75, 3.05) is 13.1 Å². The van der Waals surface area contributed by atoms with Crippen molar-refractivity contribution in [3.63, 3.8) is 0 Å². The van der Waals surface area contributed by atoms with Gasteiger partial charge in [-0.05, 0) is 81.3 Å². The molecule has 0 aromatic heterocycles. The molecule has 0 bridgehead atoms. The van der Waals surface area contributed by atoms with Gasteiger partial charge in [-0.2, -0.15) is 0 Å². The minimum atomic E-state index is -0.830. The highest BCUT2D eigenvalue weighted by Gasteiger charge is 2.45. The number of benzene rings is 2. The lowest BCUT2D eigenvalue weighted by atomic mass is 9.68. The highest BCUT2D eigenvalue weighted by molar-refractivity contribution is 5.26. The number of halogens is 1. The number of piperidine rings is 1. The van der Waals surface area contributed by atoms with Crippen LogP contribution in [0.1, 0.15) is 56.1 Å². The minimum Gasteiger partial charge on any atom is -0.385 e. The average molecular weight is 368 g/mol. The predicted octanol–water partition coefficient (Wildman–Crippen LogP) is 5.05. The van der Waals surface area contributed by atoms with Gasteiger partial charge in [-0.3, -0.25) is 4.90 Å². The molecule has 2 aliphatic rings. The molecular weight excluding hydrogens is 337 g/mol. The SMILES string of the molecule is OC1(c2ccc(F)cc2)CCC(Cc2ccccc2)(N2CCCCC2)CC1. The summed E-state index contributed by atoms with van der Waals surface area (Å²) < 4.78 is 13.3. The van der Waals surface area contributed by atoms with Crippen LogP contribution >= 0.6 is 0 Å². The molecule has 2 aromatic rings. The summed E-state index contributed by atoms with van der Waals surface area (Å²) in [4.78, 5) is 2.70. The maximum atomic E-state index is 13.3. The molecule has 0 atom stereocenters. The maximum absolute atomic E-state index is 13.3. The second-order valence-corrected chi connectivity index (χ2v) is 8.47. The predicted molar refractivity (Wildman–Crippen MR) is 107 cm³/mol. The van der Waals surface area contributed by atoms with E-state index in [-0.39, 0.29) is 11.4 Å². The summed E-state index contributed by atoms with van der Waals surface area (Å²) in [6.07, 6.45) is 8.37. The lowest BCUT2D eigenvalue weighted by molar-refractivity contribution is -0.0644. The van der Waals surface area contributed by atoms with E-state index in [1.807, 2.05) is 0 Å². The van der Waals surface area contributed by atoms with E-state index in [1.165, 1.54) is 50.0 Å². The van der Waals surface area contributed by atoms with Gasteiger partial charge in [-0.1, -0.05) is 48.9 Å². The van der Waals surface area contributed by atoms with E-state index in [1.54, 1.807) is 12.1 Å². The normalized spacial score (nSPS) is 29.6. The fourth-order valence-corrected chi connectivity index (χ4v) is 5.13. The van der Waals surface area contributed by atoms with Gasteiger partial charge < -0.3 is 5.11 Å². The number of rotatable bonds is 4. The van der Waals surface area contributed by atoms with Crippen LogP contribution < -0.4 is 0 Å². The molecule has 0 amide bonds. The largest absolute Gasteiger partial charge is 0.385 e. The first kappa shape index (κ1) is 18.6. The molecule has 2 aromatic carbocycles. The van der Waals surface area contributed by atoms with Crippen LogP contribution in [0.4, 0.5) is 4.39 Å². The van der Waals surface area contributed by atoms with Crippen molar-refractivity contribution in [3.05, 3.63) is 71.5 Å². The zero-order valence-electron chi connectivity index (χ0n) is 16.0. The molecule has 2 nitrogen and oxygen atoms in total. The van der Waals surface area contributed by atoms with Gasteiger partial charge in [0.1, 0.15) is 5.82 Å². The second-order valence-electron chi connectivity index (χ2n) is 8.47. The third-order valence-electron chi connectivity index (χ3n) is 6.79. The van der Waals surface area contributed by atoms with Gasteiger partial charge in [0.15, 0.2) is 0 Å². The van der Waals surface area contributed by atoms with Gasteiger partial charge in [0, 0.05) is 5.54 Å². The van der Waals surface area contributed by atoms with Crippen LogP contribution in [-0.4, -0.2) is 28.6 Å². The molecule has 4 rings (SSSR count). The summed E-state index contributed by atoms with van der Waals surface area (Å²) in [5.74, 6) is -0.245. The van der Waals surface area contributed by atoms with Crippen LogP contribution in [0.25, 0.3) is 0 Å². The Morgan fingerprint density at radius 3 is 2.07 bits per heavy atom. The molecule has 0 unspecified atom stereocenters. The molecule has 1 aliphatic carbocycles. The Balaban J connectivity index is 1.56. The van der Waals surface area contributed by atoms with E-state index in [0.29, 0.717) is 0 Å². The van der Waals surface area contributed by atoms with E-state index < -0.39 is 5.60 Å². The van der Waals surface area contributed by atoms with Gasteiger partial charge in [0.05, 0.1) is 5.60 Å². The third-order valence-corrected chi connectivity index (χ3v) is 6.79. The van der Waals surface area contributed by atoms with Crippen LogP contribution in [0.3, 0.4) is 0 Å². The van der Waals surface area contributed by atoms with E-state index in [2.05, 4.69) is 35.2 Å². The maximum Gasteiger partial charge on any atom is 0.123 e. The third kappa shape index (κ3) is 3.95. The van der Waals surface area contributed by atoms with Gasteiger partial charge in [-0.15, -0.1) is 0 Å². The summed E-state index contributed by atoms with van der Waals surface area (Å²) >= 11 is 0. The topological polar surface area (TPSA) is 23.5 Å². The van der Waals surface area contributed by atoms with Crippen LogP contribution in [0.15, 0.2) is 54.6 Å². The smallest absolute Gasteiger partial charge is 0.123 e. The Morgan fingerprint density at radius 1 is 0.815 bits per heavy atom. The van der Waals surface area contributed by atoms with Crippen molar-refractivity contribution in [2.45, 2.75) is 62.5 Å². The number of hydrogen-bond acceptors (Lipinski definition) is 2. The molecule has 1 saturated carbocycles. The van der Waals surface area contributed by atoms with E-state index >= 15 is 0 Å². The fraction of sp³-hybridized carbons (Fsp3) is 0.500. The lowest BCUT2D eigenvalue weighted by Crippen LogP contribution is -2.56. The Labute approximate surface area is 162 Å². The van der Waals surface area contributed by atoms with Crippen molar-refractivity contribution in [1.82, 2.24) is 4.90 Å². The molecule has 0 radical (unpaired) electrons. The van der Waals surface area contributed by atoms with Crippen LogP contribution in [0.5, 0.6) is 0 Å².